The van der Waals surface area contributed by atoms with E-state index in [4.69, 9.17) is 9.63 Å². The SMILES string of the molecule is Cc1cccc(C)c1C1(c2noc(-c3cc(C(F)F)n(-c4ccc(C(=O)O)cc4)n3)n2)CC1. The zero-order chi connectivity index (χ0) is 23.3. The fraction of sp³-hybridized carbons (Fsp3) is 0.250. The molecule has 0 saturated heterocycles. The highest BCUT2D eigenvalue weighted by Gasteiger charge is 2.51. The molecular weight excluding hydrogens is 430 g/mol. The number of carboxylic acids is 1. The van der Waals surface area contributed by atoms with E-state index in [1.165, 1.54) is 35.9 Å². The quantitative estimate of drug-likeness (QED) is 0.431. The van der Waals surface area contributed by atoms with Crippen molar-refractivity contribution >= 4 is 5.97 Å². The Balaban J connectivity index is 1.53. The van der Waals surface area contributed by atoms with Crippen molar-refractivity contribution in [3.8, 4) is 17.3 Å². The van der Waals surface area contributed by atoms with Crippen molar-refractivity contribution in [2.45, 2.75) is 38.5 Å². The van der Waals surface area contributed by atoms with E-state index in [0.717, 1.165) is 28.7 Å². The second-order valence-electron chi connectivity index (χ2n) is 8.29. The lowest BCUT2D eigenvalue weighted by molar-refractivity contribution is 0.0696. The summed E-state index contributed by atoms with van der Waals surface area (Å²) in [5.74, 6) is -0.521. The summed E-state index contributed by atoms with van der Waals surface area (Å²) in [6.45, 7) is 4.10. The van der Waals surface area contributed by atoms with Crippen LogP contribution in [0.25, 0.3) is 17.3 Å². The summed E-state index contributed by atoms with van der Waals surface area (Å²) in [6.07, 6.45) is -1.05. The highest BCUT2D eigenvalue weighted by molar-refractivity contribution is 5.87. The van der Waals surface area contributed by atoms with Crippen molar-refractivity contribution in [3.05, 3.63) is 82.3 Å². The van der Waals surface area contributed by atoms with E-state index >= 15 is 0 Å². The van der Waals surface area contributed by atoms with Gasteiger partial charge in [0.1, 0.15) is 5.69 Å². The first kappa shape index (κ1) is 21.0. The van der Waals surface area contributed by atoms with E-state index in [0.29, 0.717) is 11.5 Å². The second kappa shape index (κ2) is 7.61. The van der Waals surface area contributed by atoms with Crippen molar-refractivity contribution in [1.82, 2.24) is 19.9 Å². The molecule has 9 heteroatoms. The van der Waals surface area contributed by atoms with Gasteiger partial charge in [0.05, 0.1) is 16.7 Å². The summed E-state index contributed by atoms with van der Waals surface area (Å²) in [4.78, 5) is 15.6. The van der Waals surface area contributed by atoms with E-state index in [1.807, 2.05) is 6.07 Å². The molecule has 7 nitrogen and oxygen atoms in total. The predicted molar refractivity (Wildman–Crippen MR) is 115 cm³/mol. The molecule has 0 atom stereocenters. The van der Waals surface area contributed by atoms with Gasteiger partial charge in [-0.3, -0.25) is 0 Å². The normalized spacial score (nSPS) is 14.6. The smallest absolute Gasteiger partial charge is 0.335 e. The van der Waals surface area contributed by atoms with Crippen molar-refractivity contribution in [3.63, 3.8) is 0 Å². The highest BCUT2D eigenvalue weighted by Crippen LogP contribution is 2.54. The molecule has 2 heterocycles. The average Bonchev–Trinajstić information content (AvgIpc) is 3.22. The molecule has 1 aliphatic carbocycles. The number of carbonyl (C=O) groups is 1. The van der Waals surface area contributed by atoms with Gasteiger partial charge < -0.3 is 9.63 Å². The Morgan fingerprint density at radius 2 is 1.79 bits per heavy atom. The van der Waals surface area contributed by atoms with Crippen molar-refractivity contribution in [1.29, 1.82) is 0 Å². The van der Waals surface area contributed by atoms with Gasteiger partial charge in [-0.05, 0) is 73.7 Å². The van der Waals surface area contributed by atoms with E-state index in [9.17, 15) is 13.6 Å². The Bertz CT molecular complexity index is 1330. The lowest BCUT2D eigenvalue weighted by Gasteiger charge is -2.17. The van der Waals surface area contributed by atoms with Gasteiger partial charge in [-0.25, -0.2) is 18.3 Å². The fourth-order valence-corrected chi connectivity index (χ4v) is 4.41. The Morgan fingerprint density at radius 3 is 2.36 bits per heavy atom. The predicted octanol–water partition coefficient (Wildman–Crippen LogP) is 5.25. The number of benzene rings is 2. The molecule has 0 bridgehead atoms. The van der Waals surface area contributed by atoms with Gasteiger partial charge in [-0.2, -0.15) is 10.1 Å². The van der Waals surface area contributed by atoms with Crippen molar-refractivity contribution in [2.75, 3.05) is 0 Å². The van der Waals surface area contributed by atoms with E-state index in [-0.39, 0.29) is 28.3 Å². The summed E-state index contributed by atoms with van der Waals surface area (Å²) in [5.41, 5.74) is 3.25. The molecule has 4 aromatic rings. The molecule has 0 aliphatic heterocycles. The number of carboxylic acid groups (broad SMARTS) is 1. The highest BCUT2D eigenvalue weighted by atomic mass is 19.3. The lowest BCUT2D eigenvalue weighted by Crippen LogP contribution is -2.14. The second-order valence-corrected chi connectivity index (χ2v) is 8.29. The number of rotatable bonds is 6. The minimum absolute atomic E-state index is 0.0486. The van der Waals surface area contributed by atoms with Crippen LogP contribution in [0.1, 0.15) is 57.8 Å². The maximum Gasteiger partial charge on any atom is 0.335 e. The fourth-order valence-electron chi connectivity index (χ4n) is 4.41. The molecule has 2 aromatic carbocycles. The van der Waals surface area contributed by atoms with Crippen LogP contribution in [-0.4, -0.2) is 31.0 Å². The van der Waals surface area contributed by atoms with Gasteiger partial charge in [0, 0.05) is 0 Å². The summed E-state index contributed by atoms with van der Waals surface area (Å²) in [5, 5.41) is 17.5. The van der Waals surface area contributed by atoms with Gasteiger partial charge in [-0.15, -0.1) is 0 Å². The number of aryl methyl sites for hydroxylation is 2. The largest absolute Gasteiger partial charge is 0.478 e. The van der Waals surface area contributed by atoms with E-state index in [2.05, 4.69) is 41.2 Å². The Hall–Kier alpha value is -3.88. The number of nitrogens with zero attached hydrogens (tertiary/aromatic N) is 4. The maximum absolute atomic E-state index is 13.7. The van der Waals surface area contributed by atoms with Gasteiger partial charge in [0.2, 0.25) is 0 Å². The third kappa shape index (κ3) is 3.49. The van der Waals surface area contributed by atoms with Gasteiger partial charge in [0.25, 0.3) is 12.3 Å². The monoisotopic (exact) mass is 450 g/mol. The third-order valence-electron chi connectivity index (χ3n) is 6.10. The molecule has 0 radical (unpaired) electrons. The van der Waals surface area contributed by atoms with E-state index < -0.39 is 12.4 Å². The molecule has 1 saturated carbocycles. The minimum atomic E-state index is -2.81. The van der Waals surface area contributed by atoms with Gasteiger partial charge in [-0.1, -0.05) is 23.4 Å². The molecule has 0 spiro atoms. The molecule has 2 aromatic heterocycles. The molecular formula is C24H20F2N4O3. The Kier molecular flexibility index (Phi) is 4.84. The molecule has 33 heavy (non-hydrogen) atoms. The summed E-state index contributed by atoms with van der Waals surface area (Å²) < 4.78 is 34.0. The minimum Gasteiger partial charge on any atom is -0.478 e. The van der Waals surface area contributed by atoms with Crippen LogP contribution in [-0.2, 0) is 5.41 Å². The zero-order valence-corrected chi connectivity index (χ0v) is 17.9. The number of hydrogen-bond donors (Lipinski definition) is 1. The average molecular weight is 450 g/mol. The standard InChI is InChI=1S/C24H20F2N4O3/c1-13-4-3-5-14(2)19(13)24(10-11-24)23-27-21(33-29-23)17-12-18(20(25)26)30(28-17)16-8-6-15(7-9-16)22(31)32/h3-9,12,20H,10-11H2,1-2H3,(H,31,32). The Morgan fingerprint density at radius 1 is 1.12 bits per heavy atom. The van der Waals surface area contributed by atoms with Crippen LogP contribution in [0, 0.1) is 13.8 Å². The first-order chi connectivity index (χ1) is 15.8. The third-order valence-corrected chi connectivity index (χ3v) is 6.10. The molecule has 1 N–H and O–H groups in total. The zero-order valence-electron chi connectivity index (χ0n) is 17.9. The molecule has 168 valence electrons. The summed E-state index contributed by atoms with van der Waals surface area (Å²) in [6, 6.07) is 12.8. The maximum atomic E-state index is 13.7. The van der Waals surface area contributed by atoms with Crippen molar-refractivity contribution in [2.24, 2.45) is 0 Å². The summed E-state index contributed by atoms with van der Waals surface area (Å²) in [7, 11) is 0. The van der Waals surface area contributed by atoms with Crippen LogP contribution in [0.2, 0.25) is 0 Å². The summed E-state index contributed by atoms with van der Waals surface area (Å²) >= 11 is 0. The van der Waals surface area contributed by atoms with Crippen molar-refractivity contribution < 1.29 is 23.2 Å². The topological polar surface area (TPSA) is 94.0 Å². The molecule has 0 amide bonds. The molecule has 5 rings (SSSR count). The first-order valence-electron chi connectivity index (χ1n) is 10.4. The van der Waals surface area contributed by atoms with Crippen LogP contribution >= 0.6 is 0 Å². The lowest BCUT2D eigenvalue weighted by atomic mass is 9.87. The molecule has 1 aliphatic rings. The van der Waals surface area contributed by atoms with Crippen LogP contribution in [0.3, 0.4) is 0 Å². The molecule has 0 unspecified atom stereocenters. The van der Waals surface area contributed by atoms with Crippen LogP contribution in [0.5, 0.6) is 0 Å². The first-order valence-corrected chi connectivity index (χ1v) is 10.4. The van der Waals surface area contributed by atoms with Crippen LogP contribution in [0.15, 0.2) is 53.1 Å². The van der Waals surface area contributed by atoms with Gasteiger partial charge >= 0.3 is 5.97 Å². The van der Waals surface area contributed by atoms with Gasteiger partial charge in [0.15, 0.2) is 11.5 Å². The van der Waals surface area contributed by atoms with Crippen LogP contribution < -0.4 is 0 Å². The number of aromatic nitrogens is 4. The number of alkyl halides is 2. The van der Waals surface area contributed by atoms with E-state index in [1.54, 1.807) is 0 Å². The number of aromatic carboxylic acids is 1. The molecule has 1 fully saturated rings. The van der Waals surface area contributed by atoms with Crippen LogP contribution in [0.4, 0.5) is 8.78 Å². The number of halogens is 2. The number of hydrogen-bond acceptors (Lipinski definition) is 5. The Labute approximate surface area is 187 Å².